The van der Waals surface area contributed by atoms with Gasteiger partial charge >= 0.3 is 0 Å². The van der Waals surface area contributed by atoms with Crippen molar-refractivity contribution in [2.75, 3.05) is 26.6 Å². The fourth-order valence-electron chi connectivity index (χ4n) is 3.14. The summed E-state index contributed by atoms with van der Waals surface area (Å²) in [4.78, 5) is 25.7. The van der Waals surface area contributed by atoms with Gasteiger partial charge in [-0.1, -0.05) is 0 Å². The standard InChI is InChI=1S/C18H20N2O5S/c1-23-11-7-9(8-12(24-2)15(11)25-3)17(22)20-18-14(16(19)21)10-5-4-6-13(10)26-18/h7-8H,4-6H2,1-3H3,(H2,19,21)(H,20,22). The van der Waals surface area contributed by atoms with Gasteiger partial charge < -0.3 is 25.3 Å². The van der Waals surface area contributed by atoms with E-state index in [4.69, 9.17) is 19.9 Å². The first-order valence-electron chi connectivity index (χ1n) is 8.05. The van der Waals surface area contributed by atoms with Gasteiger partial charge in [-0.05, 0) is 37.0 Å². The molecule has 1 aliphatic rings. The van der Waals surface area contributed by atoms with Crippen LogP contribution >= 0.6 is 11.3 Å². The zero-order chi connectivity index (χ0) is 18.8. The first kappa shape index (κ1) is 18.1. The van der Waals surface area contributed by atoms with Crippen molar-refractivity contribution in [3.05, 3.63) is 33.7 Å². The van der Waals surface area contributed by atoms with Crippen molar-refractivity contribution in [3.63, 3.8) is 0 Å². The molecular formula is C18H20N2O5S. The Labute approximate surface area is 155 Å². The van der Waals surface area contributed by atoms with Gasteiger partial charge in [-0.2, -0.15) is 0 Å². The fourth-order valence-corrected chi connectivity index (χ4v) is 4.43. The van der Waals surface area contributed by atoms with E-state index < -0.39 is 5.91 Å². The van der Waals surface area contributed by atoms with E-state index in [2.05, 4.69) is 5.32 Å². The molecule has 1 aliphatic carbocycles. The molecule has 3 N–H and O–H groups in total. The number of aryl methyl sites for hydroxylation is 1. The molecule has 0 fully saturated rings. The lowest BCUT2D eigenvalue weighted by Gasteiger charge is -2.14. The Morgan fingerprint density at radius 1 is 1.08 bits per heavy atom. The summed E-state index contributed by atoms with van der Waals surface area (Å²) in [5, 5.41) is 3.29. The van der Waals surface area contributed by atoms with E-state index in [0.29, 0.717) is 33.4 Å². The number of primary amides is 1. The maximum atomic E-state index is 12.7. The summed E-state index contributed by atoms with van der Waals surface area (Å²) < 4.78 is 15.8. The minimum atomic E-state index is -0.524. The van der Waals surface area contributed by atoms with Crippen molar-refractivity contribution in [1.29, 1.82) is 0 Å². The van der Waals surface area contributed by atoms with Crippen molar-refractivity contribution < 1.29 is 23.8 Å². The number of anilines is 1. The lowest BCUT2D eigenvalue weighted by molar-refractivity contribution is 0.100. The van der Waals surface area contributed by atoms with Gasteiger partial charge in [0.05, 0.1) is 26.9 Å². The highest BCUT2D eigenvalue weighted by Gasteiger charge is 2.27. The van der Waals surface area contributed by atoms with Gasteiger partial charge in [0.15, 0.2) is 11.5 Å². The van der Waals surface area contributed by atoms with E-state index in [1.807, 2.05) is 0 Å². The molecule has 2 aromatic rings. The molecule has 7 nitrogen and oxygen atoms in total. The monoisotopic (exact) mass is 376 g/mol. The second kappa shape index (κ2) is 7.25. The molecule has 26 heavy (non-hydrogen) atoms. The van der Waals surface area contributed by atoms with E-state index in [-0.39, 0.29) is 5.91 Å². The molecule has 8 heteroatoms. The third-order valence-corrected chi connectivity index (χ3v) is 5.53. The van der Waals surface area contributed by atoms with Crippen molar-refractivity contribution >= 4 is 28.2 Å². The fraction of sp³-hybridized carbons (Fsp3) is 0.333. The second-order valence-corrected chi connectivity index (χ2v) is 6.90. The van der Waals surface area contributed by atoms with Gasteiger partial charge in [0, 0.05) is 10.4 Å². The maximum Gasteiger partial charge on any atom is 0.256 e. The van der Waals surface area contributed by atoms with Gasteiger partial charge in [-0.15, -0.1) is 11.3 Å². The van der Waals surface area contributed by atoms with Crippen LogP contribution in [0.1, 0.15) is 37.6 Å². The highest BCUT2D eigenvalue weighted by Crippen LogP contribution is 2.40. The van der Waals surface area contributed by atoms with Crippen molar-refractivity contribution in [2.24, 2.45) is 5.73 Å². The number of benzene rings is 1. The van der Waals surface area contributed by atoms with E-state index in [1.165, 1.54) is 32.7 Å². The highest BCUT2D eigenvalue weighted by atomic mass is 32.1. The van der Waals surface area contributed by atoms with Gasteiger partial charge in [0.2, 0.25) is 5.75 Å². The number of carbonyl (C=O) groups is 2. The van der Waals surface area contributed by atoms with Gasteiger partial charge in [-0.25, -0.2) is 0 Å². The Morgan fingerprint density at radius 2 is 1.73 bits per heavy atom. The Bertz CT molecular complexity index is 850. The van der Waals surface area contributed by atoms with Crippen LogP contribution in [0.15, 0.2) is 12.1 Å². The molecule has 0 radical (unpaired) electrons. The van der Waals surface area contributed by atoms with Crippen LogP contribution in [-0.2, 0) is 12.8 Å². The molecule has 0 bridgehead atoms. The van der Waals surface area contributed by atoms with Crippen molar-refractivity contribution in [1.82, 2.24) is 0 Å². The molecule has 1 heterocycles. The molecule has 3 rings (SSSR count). The number of amides is 2. The van der Waals surface area contributed by atoms with Crippen LogP contribution in [0.25, 0.3) is 0 Å². The molecule has 0 unspecified atom stereocenters. The normalized spacial score (nSPS) is 12.4. The summed E-state index contributed by atoms with van der Waals surface area (Å²) in [6.45, 7) is 0. The third-order valence-electron chi connectivity index (χ3n) is 4.32. The number of hydrogen-bond acceptors (Lipinski definition) is 6. The molecule has 1 aromatic carbocycles. The average molecular weight is 376 g/mol. The Hall–Kier alpha value is -2.74. The Balaban J connectivity index is 1.95. The number of carbonyl (C=O) groups excluding carboxylic acids is 2. The molecule has 0 saturated carbocycles. The molecule has 2 amide bonds. The summed E-state index contributed by atoms with van der Waals surface area (Å²) in [5.41, 5.74) is 7.24. The van der Waals surface area contributed by atoms with E-state index >= 15 is 0 Å². The minimum absolute atomic E-state index is 0.323. The minimum Gasteiger partial charge on any atom is -0.493 e. The molecule has 0 spiro atoms. The van der Waals surface area contributed by atoms with Crippen LogP contribution in [0, 0.1) is 0 Å². The van der Waals surface area contributed by atoms with Gasteiger partial charge in [0.25, 0.3) is 11.8 Å². The van der Waals surface area contributed by atoms with E-state index in [1.54, 1.807) is 12.1 Å². The lowest BCUT2D eigenvalue weighted by Crippen LogP contribution is -2.18. The van der Waals surface area contributed by atoms with Crippen LogP contribution in [0.2, 0.25) is 0 Å². The number of rotatable bonds is 6. The van der Waals surface area contributed by atoms with Crippen LogP contribution in [0.4, 0.5) is 5.00 Å². The number of thiophene rings is 1. The maximum absolute atomic E-state index is 12.7. The smallest absolute Gasteiger partial charge is 0.256 e. The zero-order valence-corrected chi connectivity index (χ0v) is 15.6. The lowest BCUT2D eigenvalue weighted by atomic mass is 10.1. The quantitative estimate of drug-likeness (QED) is 0.807. The summed E-state index contributed by atoms with van der Waals surface area (Å²) in [6.07, 6.45) is 2.72. The predicted molar refractivity (Wildman–Crippen MR) is 98.9 cm³/mol. The van der Waals surface area contributed by atoms with Crippen LogP contribution in [-0.4, -0.2) is 33.1 Å². The molecular weight excluding hydrogens is 356 g/mol. The van der Waals surface area contributed by atoms with Crippen LogP contribution in [0.3, 0.4) is 0 Å². The number of methoxy groups -OCH3 is 3. The second-order valence-electron chi connectivity index (χ2n) is 5.79. The van der Waals surface area contributed by atoms with Crippen molar-refractivity contribution in [2.45, 2.75) is 19.3 Å². The molecule has 0 saturated heterocycles. The molecule has 1 aromatic heterocycles. The Morgan fingerprint density at radius 3 is 2.27 bits per heavy atom. The predicted octanol–water partition coefficient (Wildman–Crippen LogP) is 2.61. The summed E-state index contributed by atoms with van der Waals surface area (Å²) in [6, 6.07) is 3.11. The van der Waals surface area contributed by atoms with Gasteiger partial charge in [-0.3, -0.25) is 9.59 Å². The zero-order valence-electron chi connectivity index (χ0n) is 14.8. The van der Waals surface area contributed by atoms with E-state index in [0.717, 1.165) is 29.7 Å². The third kappa shape index (κ3) is 3.08. The summed E-state index contributed by atoms with van der Waals surface area (Å²) >= 11 is 1.41. The number of nitrogens with one attached hydrogen (secondary N) is 1. The van der Waals surface area contributed by atoms with Crippen LogP contribution in [0.5, 0.6) is 17.2 Å². The Kier molecular flexibility index (Phi) is 5.03. The first-order valence-corrected chi connectivity index (χ1v) is 8.87. The molecule has 0 atom stereocenters. The molecule has 0 aliphatic heterocycles. The van der Waals surface area contributed by atoms with Crippen LogP contribution < -0.4 is 25.3 Å². The summed E-state index contributed by atoms with van der Waals surface area (Å²) in [7, 11) is 4.45. The summed E-state index contributed by atoms with van der Waals surface area (Å²) in [5.74, 6) is 0.248. The van der Waals surface area contributed by atoms with Gasteiger partial charge in [0.1, 0.15) is 5.00 Å². The van der Waals surface area contributed by atoms with Crippen molar-refractivity contribution in [3.8, 4) is 17.2 Å². The SMILES string of the molecule is COc1cc(C(=O)Nc2sc3c(c2C(N)=O)CCC3)cc(OC)c1OC. The number of nitrogens with two attached hydrogens (primary N) is 1. The number of hydrogen-bond donors (Lipinski definition) is 2. The number of fused-ring (bicyclic) bond motifs is 1. The first-order chi connectivity index (χ1) is 12.5. The number of ether oxygens (including phenoxy) is 3. The molecule has 138 valence electrons. The van der Waals surface area contributed by atoms with E-state index in [9.17, 15) is 9.59 Å². The topological polar surface area (TPSA) is 99.9 Å². The largest absolute Gasteiger partial charge is 0.493 e. The average Bonchev–Trinajstić information content (AvgIpc) is 3.20. The highest BCUT2D eigenvalue weighted by molar-refractivity contribution is 7.17.